The number of phenols is 1. The quantitative estimate of drug-likeness (QED) is 0.433. The van der Waals surface area contributed by atoms with Crippen LogP contribution in [0.25, 0.3) is 0 Å². The average Bonchev–Trinajstić information content (AvgIpc) is 2.58. The second-order valence-corrected chi connectivity index (χ2v) is 5.73. The third-order valence-electron chi connectivity index (χ3n) is 3.88. The van der Waals surface area contributed by atoms with Crippen LogP contribution in [0.4, 0.5) is 4.79 Å². The molecule has 6 heteroatoms. The van der Waals surface area contributed by atoms with Crippen LogP contribution in [-0.4, -0.2) is 29.6 Å². The minimum absolute atomic E-state index is 0.158. The Morgan fingerprint density at radius 1 is 0.840 bits per heavy atom. The summed E-state index contributed by atoms with van der Waals surface area (Å²) in [5, 5.41) is 19.8. The number of benzene rings is 1. The van der Waals surface area contributed by atoms with Crippen molar-refractivity contribution in [1.82, 2.24) is 0 Å². The van der Waals surface area contributed by atoms with Crippen molar-refractivity contribution in [1.29, 1.82) is 0 Å². The third kappa shape index (κ3) is 5.44. The topological polar surface area (TPSA) is 85.2 Å². The van der Waals surface area contributed by atoms with Crippen LogP contribution in [0.3, 0.4) is 0 Å². The maximum atomic E-state index is 11.1. The van der Waals surface area contributed by atoms with Gasteiger partial charge in [-0.3, -0.25) is 0 Å². The lowest BCUT2D eigenvalue weighted by molar-refractivity contribution is 0.139. The van der Waals surface area contributed by atoms with Gasteiger partial charge in [0, 0.05) is 11.1 Å². The molecule has 142 valence electrons. The van der Waals surface area contributed by atoms with E-state index in [0.29, 0.717) is 30.9 Å². The third-order valence-corrected chi connectivity index (χ3v) is 3.88. The molecule has 1 rings (SSSR count). The highest BCUT2D eigenvalue weighted by atomic mass is 16.7. The van der Waals surface area contributed by atoms with Crippen molar-refractivity contribution in [2.45, 2.75) is 66.2 Å². The van der Waals surface area contributed by atoms with E-state index in [4.69, 9.17) is 19.3 Å². The Morgan fingerprint density at radius 2 is 1.36 bits per heavy atom. The van der Waals surface area contributed by atoms with Gasteiger partial charge in [-0.1, -0.05) is 26.7 Å². The molecule has 0 heterocycles. The van der Waals surface area contributed by atoms with Gasteiger partial charge in [0.25, 0.3) is 0 Å². The van der Waals surface area contributed by atoms with Crippen LogP contribution in [-0.2, 0) is 12.8 Å². The second-order valence-electron chi connectivity index (χ2n) is 5.73. The Labute approximate surface area is 149 Å². The Hall–Kier alpha value is -2.11. The Bertz CT molecular complexity index is 568. The predicted octanol–water partition coefficient (Wildman–Crippen LogP) is 4.93. The monoisotopic (exact) mass is 354 g/mol. The summed E-state index contributed by atoms with van der Waals surface area (Å²) in [5.74, 6) is 0.312. The van der Waals surface area contributed by atoms with E-state index in [2.05, 4.69) is 13.8 Å². The first kappa shape index (κ1) is 20.9. The molecule has 0 aliphatic rings. The molecule has 0 unspecified atom stereocenters. The first-order valence-electron chi connectivity index (χ1n) is 9.08. The highest BCUT2D eigenvalue weighted by Gasteiger charge is 2.28. The van der Waals surface area contributed by atoms with Gasteiger partial charge in [-0.2, -0.15) is 0 Å². The van der Waals surface area contributed by atoms with Gasteiger partial charge in [-0.25, -0.2) is 4.79 Å². The van der Waals surface area contributed by atoms with Gasteiger partial charge in [0.05, 0.1) is 13.2 Å². The SMILES string of the molecule is CCCCc1c(O)c(OC(=O)O)c(OCC)c(OCC)c1CCCC. The van der Waals surface area contributed by atoms with Crippen molar-refractivity contribution >= 4 is 6.16 Å². The van der Waals surface area contributed by atoms with Crippen LogP contribution >= 0.6 is 0 Å². The minimum atomic E-state index is -1.50. The van der Waals surface area contributed by atoms with E-state index in [0.717, 1.165) is 37.7 Å². The minimum Gasteiger partial charge on any atom is -0.504 e. The first-order chi connectivity index (χ1) is 12.0. The van der Waals surface area contributed by atoms with Crippen LogP contribution in [0, 0.1) is 0 Å². The summed E-state index contributed by atoms with van der Waals surface area (Å²) < 4.78 is 16.3. The van der Waals surface area contributed by atoms with E-state index in [9.17, 15) is 9.90 Å². The molecule has 0 saturated heterocycles. The zero-order valence-corrected chi connectivity index (χ0v) is 15.7. The van der Waals surface area contributed by atoms with E-state index < -0.39 is 6.16 Å². The fourth-order valence-electron chi connectivity index (χ4n) is 2.76. The van der Waals surface area contributed by atoms with Crippen molar-refractivity contribution in [3.05, 3.63) is 11.1 Å². The highest BCUT2D eigenvalue weighted by molar-refractivity contribution is 5.72. The lowest BCUT2D eigenvalue weighted by atomic mass is 9.94. The molecule has 0 aliphatic carbocycles. The molecule has 0 fully saturated rings. The largest absolute Gasteiger partial charge is 0.511 e. The van der Waals surface area contributed by atoms with Crippen LogP contribution in [0.1, 0.15) is 64.5 Å². The summed E-state index contributed by atoms with van der Waals surface area (Å²) >= 11 is 0. The van der Waals surface area contributed by atoms with E-state index in [1.165, 1.54) is 0 Å². The zero-order chi connectivity index (χ0) is 18.8. The molecule has 25 heavy (non-hydrogen) atoms. The number of hydrogen-bond donors (Lipinski definition) is 2. The average molecular weight is 354 g/mol. The molecule has 2 N–H and O–H groups in total. The standard InChI is InChI=1S/C19H30O6/c1-5-9-11-13-14(12-10-6-2)16(23-7-3)18(24-8-4)17(15(13)20)25-19(21)22/h20H,5-12H2,1-4H3,(H,21,22). The molecule has 0 saturated carbocycles. The molecular weight excluding hydrogens is 324 g/mol. The van der Waals surface area contributed by atoms with Crippen molar-refractivity contribution in [2.75, 3.05) is 13.2 Å². The number of hydrogen-bond acceptors (Lipinski definition) is 5. The number of carboxylic acid groups (broad SMARTS) is 1. The predicted molar refractivity (Wildman–Crippen MR) is 96.3 cm³/mol. The number of rotatable bonds is 11. The zero-order valence-electron chi connectivity index (χ0n) is 15.7. The summed E-state index contributed by atoms with van der Waals surface area (Å²) in [6.45, 7) is 8.51. The van der Waals surface area contributed by atoms with E-state index in [1.807, 2.05) is 6.92 Å². The maximum absolute atomic E-state index is 11.1. The molecule has 0 bridgehead atoms. The summed E-state index contributed by atoms with van der Waals surface area (Å²) in [6, 6.07) is 0. The molecule has 6 nitrogen and oxygen atoms in total. The summed E-state index contributed by atoms with van der Waals surface area (Å²) in [7, 11) is 0. The smallest absolute Gasteiger partial charge is 0.504 e. The van der Waals surface area contributed by atoms with Crippen molar-refractivity contribution in [3.8, 4) is 23.0 Å². The molecule has 0 aliphatic heterocycles. The number of aromatic hydroxyl groups is 1. The Kier molecular flexibility index (Phi) is 8.95. The van der Waals surface area contributed by atoms with Gasteiger partial charge in [0.15, 0.2) is 11.5 Å². The molecule has 0 aromatic heterocycles. The van der Waals surface area contributed by atoms with Crippen LogP contribution in [0.15, 0.2) is 0 Å². The molecule has 0 radical (unpaired) electrons. The molecular formula is C19H30O6. The highest BCUT2D eigenvalue weighted by Crippen LogP contribution is 2.50. The maximum Gasteiger partial charge on any atom is 0.511 e. The van der Waals surface area contributed by atoms with Crippen LogP contribution < -0.4 is 14.2 Å². The lowest BCUT2D eigenvalue weighted by Gasteiger charge is -2.22. The van der Waals surface area contributed by atoms with Crippen LogP contribution in [0.5, 0.6) is 23.0 Å². The number of ether oxygens (including phenoxy) is 3. The van der Waals surface area contributed by atoms with Gasteiger partial charge in [0.1, 0.15) is 0 Å². The van der Waals surface area contributed by atoms with Gasteiger partial charge in [-0.05, 0) is 39.5 Å². The van der Waals surface area contributed by atoms with E-state index in [1.54, 1.807) is 6.92 Å². The van der Waals surface area contributed by atoms with Crippen molar-refractivity contribution < 1.29 is 29.2 Å². The molecule has 1 aromatic rings. The van der Waals surface area contributed by atoms with Crippen LogP contribution in [0.2, 0.25) is 0 Å². The van der Waals surface area contributed by atoms with Gasteiger partial charge in [-0.15, -0.1) is 0 Å². The Morgan fingerprint density at radius 3 is 1.84 bits per heavy atom. The van der Waals surface area contributed by atoms with Gasteiger partial charge in [0.2, 0.25) is 11.5 Å². The fraction of sp³-hybridized carbons (Fsp3) is 0.632. The number of carbonyl (C=O) groups is 1. The normalized spacial score (nSPS) is 10.6. The fourth-order valence-corrected chi connectivity index (χ4v) is 2.76. The number of unbranched alkanes of at least 4 members (excludes halogenated alkanes) is 2. The summed E-state index contributed by atoms with van der Waals surface area (Å²) in [6.07, 6.45) is 3.62. The molecule has 0 amide bonds. The molecule has 1 aromatic carbocycles. The van der Waals surface area contributed by atoms with Gasteiger partial charge < -0.3 is 24.4 Å². The van der Waals surface area contributed by atoms with Gasteiger partial charge >= 0.3 is 6.16 Å². The lowest BCUT2D eigenvalue weighted by Crippen LogP contribution is -2.11. The van der Waals surface area contributed by atoms with E-state index >= 15 is 0 Å². The molecule has 0 atom stereocenters. The second kappa shape index (κ2) is 10.7. The molecule has 0 spiro atoms. The first-order valence-corrected chi connectivity index (χ1v) is 9.08. The van der Waals surface area contributed by atoms with E-state index in [-0.39, 0.29) is 17.2 Å². The Balaban J connectivity index is 3.64. The van der Waals surface area contributed by atoms with Crippen molar-refractivity contribution in [2.24, 2.45) is 0 Å². The number of phenolic OH excluding ortho intramolecular Hbond substituents is 1. The summed E-state index contributed by atoms with van der Waals surface area (Å²) in [5.41, 5.74) is 1.58. The summed E-state index contributed by atoms with van der Waals surface area (Å²) in [4.78, 5) is 11.1. The van der Waals surface area contributed by atoms with Crippen molar-refractivity contribution in [3.63, 3.8) is 0 Å².